The molecule has 1 aromatic heterocycles. The Labute approximate surface area is 149 Å². The smallest absolute Gasteiger partial charge is 0.259 e. The Hall–Kier alpha value is -1.14. The summed E-state index contributed by atoms with van der Waals surface area (Å²) in [7, 11) is 0. The zero-order valence-corrected chi connectivity index (χ0v) is 14.8. The number of halogens is 2. The number of hydrogen-bond donors (Lipinski definition) is 1. The molecule has 1 fully saturated rings. The van der Waals surface area contributed by atoms with E-state index in [0.717, 1.165) is 25.3 Å². The number of nitrogens with zero attached hydrogens (tertiary/aromatic N) is 2. The summed E-state index contributed by atoms with van der Waals surface area (Å²) < 4.78 is 0. The number of aromatic nitrogens is 1. The highest BCUT2D eigenvalue weighted by Crippen LogP contribution is 2.27. The van der Waals surface area contributed by atoms with Crippen LogP contribution in [0.4, 0.5) is 5.13 Å². The summed E-state index contributed by atoms with van der Waals surface area (Å²) in [4.78, 5) is 19.2. The van der Waals surface area contributed by atoms with Crippen molar-refractivity contribution in [1.29, 1.82) is 0 Å². The van der Waals surface area contributed by atoms with Crippen molar-refractivity contribution in [3.63, 3.8) is 0 Å². The number of piperidine rings is 1. The molecule has 0 atom stereocenters. The van der Waals surface area contributed by atoms with Crippen molar-refractivity contribution in [2.45, 2.75) is 25.8 Å². The van der Waals surface area contributed by atoms with Crippen LogP contribution in [0.15, 0.2) is 23.6 Å². The van der Waals surface area contributed by atoms with Gasteiger partial charge >= 0.3 is 0 Å². The van der Waals surface area contributed by atoms with Crippen LogP contribution in [-0.2, 0) is 6.54 Å². The van der Waals surface area contributed by atoms with Gasteiger partial charge < -0.3 is 0 Å². The van der Waals surface area contributed by atoms with Crippen LogP contribution in [0.25, 0.3) is 0 Å². The van der Waals surface area contributed by atoms with Crippen molar-refractivity contribution in [2.75, 3.05) is 18.4 Å². The molecule has 122 valence electrons. The number of carbonyl (C=O) groups excluding carboxylic acids is 1. The summed E-state index contributed by atoms with van der Waals surface area (Å²) in [6.07, 6.45) is 3.82. The van der Waals surface area contributed by atoms with Gasteiger partial charge in [-0.2, -0.15) is 0 Å². The van der Waals surface area contributed by atoms with Crippen molar-refractivity contribution >= 4 is 45.6 Å². The van der Waals surface area contributed by atoms with E-state index in [0.29, 0.717) is 15.7 Å². The first-order valence-corrected chi connectivity index (χ1v) is 9.19. The maximum absolute atomic E-state index is 12.3. The highest BCUT2D eigenvalue weighted by atomic mass is 35.5. The molecule has 0 radical (unpaired) electrons. The van der Waals surface area contributed by atoms with Crippen LogP contribution in [-0.4, -0.2) is 28.9 Å². The average molecular weight is 370 g/mol. The predicted octanol–water partition coefficient (Wildman–Crippen LogP) is 4.69. The van der Waals surface area contributed by atoms with Crippen molar-refractivity contribution in [3.8, 4) is 0 Å². The van der Waals surface area contributed by atoms with E-state index in [4.69, 9.17) is 23.2 Å². The molecule has 1 saturated heterocycles. The summed E-state index contributed by atoms with van der Waals surface area (Å²) in [5, 5.41) is 5.99. The zero-order valence-electron chi connectivity index (χ0n) is 12.5. The van der Waals surface area contributed by atoms with E-state index >= 15 is 0 Å². The topological polar surface area (TPSA) is 45.2 Å². The second-order valence-corrected chi connectivity index (χ2v) is 7.18. The third-order valence-corrected chi connectivity index (χ3v) is 5.43. The standard InChI is InChI=1S/C16H17Cl2N3OS/c17-13-6-4-5-12(14(13)18)15(22)20-16-19-11(10-23-16)9-21-7-2-1-3-8-21/h4-6,10H,1-3,7-9H2,(H,19,20,22). The molecule has 0 unspecified atom stereocenters. The summed E-state index contributed by atoms with van der Waals surface area (Å²) in [5.41, 5.74) is 1.34. The van der Waals surface area contributed by atoms with Gasteiger partial charge in [0.15, 0.2) is 5.13 Å². The van der Waals surface area contributed by atoms with Gasteiger partial charge in [0, 0.05) is 11.9 Å². The Balaban J connectivity index is 1.64. The van der Waals surface area contributed by atoms with E-state index < -0.39 is 0 Å². The summed E-state index contributed by atoms with van der Waals surface area (Å²) in [6.45, 7) is 3.08. The molecular formula is C16H17Cl2N3OS. The highest BCUT2D eigenvalue weighted by molar-refractivity contribution is 7.14. The largest absolute Gasteiger partial charge is 0.298 e. The molecule has 0 saturated carbocycles. The van der Waals surface area contributed by atoms with Gasteiger partial charge in [-0.15, -0.1) is 11.3 Å². The molecule has 1 amide bonds. The molecule has 0 spiro atoms. The van der Waals surface area contributed by atoms with Gasteiger partial charge in [-0.3, -0.25) is 15.0 Å². The number of carbonyl (C=O) groups is 1. The van der Waals surface area contributed by atoms with Gasteiger partial charge in [-0.25, -0.2) is 4.98 Å². The molecule has 2 aromatic rings. The molecular weight excluding hydrogens is 353 g/mol. The molecule has 0 aliphatic carbocycles. The Bertz CT molecular complexity index is 698. The molecule has 1 N–H and O–H groups in total. The van der Waals surface area contributed by atoms with Crippen LogP contribution < -0.4 is 5.32 Å². The number of nitrogens with one attached hydrogen (secondary N) is 1. The third kappa shape index (κ3) is 4.23. The minimum atomic E-state index is -0.295. The first kappa shape index (κ1) is 16.7. The number of rotatable bonds is 4. The van der Waals surface area contributed by atoms with E-state index in [1.807, 2.05) is 5.38 Å². The molecule has 1 aromatic carbocycles. The maximum Gasteiger partial charge on any atom is 0.259 e. The summed E-state index contributed by atoms with van der Waals surface area (Å²) >= 11 is 13.4. The Morgan fingerprint density at radius 3 is 2.83 bits per heavy atom. The Morgan fingerprint density at radius 2 is 2.04 bits per heavy atom. The molecule has 2 heterocycles. The van der Waals surface area contributed by atoms with E-state index in [2.05, 4.69) is 15.2 Å². The minimum Gasteiger partial charge on any atom is -0.298 e. The lowest BCUT2D eigenvalue weighted by atomic mass is 10.1. The van der Waals surface area contributed by atoms with E-state index in [1.165, 1.54) is 30.6 Å². The minimum absolute atomic E-state index is 0.261. The monoisotopic (exact) mass is 369 g/mol. The molecule has 0 bridgehead atoms. The number of likely N-dealkylation sites (tertiary alicyclic amines) is 1. The Morgan fingerprint density at radius 1 is 1.26 bits per heavy atom. The summed E-state index contributed by atoms with van der Waals surface area (Å²) in [5.74, 6) is -0.295. The van der Waals surface area contributed by atoms with Crippen LogP contribution in [0, 0.1) is 0 Å². The number of anilines is 1. The van der Waals surface area contributed by atoms with Crippen LogP contribution in [0.5, 0.6) is 0 Å². The molecule has 1 aliphatic rings. The summed E-state index contributed by atoms with van der Waals surface area (Å²) in [6, 6.07) is 5.00. The van der Waals surface area contributed by atoms with Crippen LogP contribution in [0.3, 0.4) is 0 Å². The average Bonchev–Trinajstić information content (AvgIpc) is 2.98. The number of amides is 1. The Kier molecular flexibility index (Phi) is 5.54. The fourth-order valence-corrected chi connectivity index (χ4v) is 3.71. The van der Waals surface area contributed by atoms with Gasteiger partial charge in [0.2, 0.25) is 0 Å². The molecule has 23 heavy (non-hydrogen) atoms. The first-order chi connectivity index (χ1) is 11.1. The van der Waals surface area contributed by atoms with Gasteiger partial charge in [0.1, 0.15) is 0 Å². The van der Waals surface area contributed by atoms with Crippen molar-refractivity contribution in [3.05, 3.63) is 44.9 Å². The van der Waals surface area contributed by atoms with Gasteiger partial charge in [0.05, 0.1) is 21.3 Å². The predicted molar refractivity (Wildman–Crippen MR) is 95.7 cm³/mol. The van der Waals surface area contributed by atoms with Crippen LogP contribution >= 0.6 is 34.5 Å². The quantitative estimate of drug-likeness (QED) is 0.849. The lowest BCUT2D eigenvalue weighted by molar-refractivity contribution is 0.102. The van der Waals surface area contributed by atoms with Crippen LogP contribution in [0.1, 0.15) is 35.3 Å². The van der Waals surface area contributed by atoms with Gasteiger partial charge in [-0.05, 0) is 38.1 Å². The zero-order chi connectivity index (χ0) is 16.2. The van der Waals surface area contributed by atoms with E-state index in [9.17, 15) is 4.79 Å². The lowest BCUT2D eigenvalue weighted by Gasteiger charge is -2.25. The van der Waals surface area contributed by atoms with Crippen molar-refractivity contribution in [2.24, 2.45) is 0 Å². The highest BCUT2D eigenvalue weighted by Gasteiger charge is 2.16. The molecule has 7 heteroatoms. The van der Waals surface area contributed by atoms with Crippen molar-refractivity contribution in [1.82, 2.24) is 9.88 Å². The fourth-order valence-electron chi connectivity index (χ4n) is 2.63. The molecule has 1 aliphatic heterocycles. The van der Waals surface area contributed by atoms with E-state index in [1.54, 1.807) is 18.2 Å². The third-order valence-electron chi connectivity index (χ3n) is 3.80. The van der Waals surface area contributed by atoms with Crippen LogP contribution in [0.2, 0.25) is 10.0 Å². The fraction of sp³-hybridized carbons (Fsp3) is 0.375. The lowest BCUT2D eigenvalue weighted by Crippen LogP contribution is -2.29. The van der Waals surface area contributed by atoms with Gasteiger partial charge in [0.25, 0.3) is 5.91 Å². The molecule has 4 nitrogen and oxygen atoms in total. The number of benzene rings is 1. The maximum atomic E-state index is 12.3. The first-order valence-electron chi connectivity index (χ1n) is 7.55. The van der Waals surface area contributed by atoms with E-state index in [-0.39, 0.29) is 10.9 Å². The normalized spacial score (nSPS) is 15.6. The second kappa shape index (κ2) is 7.62. The number of hydrogen-bond acceptors (Lipinski definition) is 4. The second-order valence-electron chi connectivity index (χ2n) is 5.54. The SMILES string of the molecule is O=C(Nc1nc(CN2CCCCC2)cs1)c1cccc(Cl)c1Cl. The van der Waals surface area contributed by atoms with Gasteiger partial charge in [-0.1, -0.05) is 35.7 Å². The van der Waals surface area contributed by atoms with Crippen molar-refractivity contribution < 1.29 is 4.79 Å². The number of thiazole rings is 1. The molecule has 3 rings (SSSR count).